The molecule has 1 saturated carbocycles. The predicted molar refractivity (Wildman–Crippen MR) is 74.3 cm³/mol. The van der Waals surface area contributed by atoms with Crippen molar-refractivity contribution >= 4 is 11.6 Å². The van der Waals surface area contributed by atoms with Crippen LogP contribution in [-0.2, 0) is 4.74 Å². The minimum absolute atomic E-state index is 0.554. The number of hydrogen-bond donors (Lipinski definition) is 2. The van der Waals surface area contributed by atoms with Crippen LogP contribution in [-0.4, -0.2) is 48.3 Å². The van der Waals surface area contributed by atoms with Crippen molar-refractivity contribution in [2.75, 3.05) is 44.1 Å². The first-order valence-corrected chi connectivity index (χ1v) is 6.93. The fourth-order valence-corrected chi connectivity index (χ4v) is 2.24. The van der Waals surface area contributed by atoms with E-state index in [1.807, 2.05) is 14.0 Å². The van der Waals surface area contributed by atoms with Crippen LogP contribution < -0.4 is 10.7 Å². The first-order valence-electron chi connectivity index (χ1n) is 6.93. The normalized spacial score (nSPS) is 20.3. The van der Waals surface area contributed by atoms with Gasteiger partial charge in [-0.3, -0.25) is 0 Å². The number of rotatable bonds is 4. The van der Waals surface area contributed by atoms with Crippen molar-refractivity contribution in [1.29, 1.82) is 0 Å². The highest BCUT2D eigenvalue weighted by molar-refractivity contribution is 5.57. The van der Waals surface area contributed by atoms with Gasteiger partial charge in [0.05, 0.1) is 13.2 Å². The quantitative estimate of drug-likeness (QED) is 0.855. The molecule has 6 heteroatoms. The minimum atomic E-state index is 0.554. The molecule has 2 heterocycles. The topological polar surface area (TPSA) is 62.3 Å². The summed E-state index contributed by atoms with van der Waals surface area (Å²) in [5.74, 6) is 3.36. The monoisotopic (exact) mass is 263 g/mol. The lowest BCUT2D eigenvalue weighted by Gasteiger charge is -2.28. The van der Waals surface area contributed by atoms with Crippen molar-refractivity contribution < 1.29 is 4.74 Å². The van der Waals surface area contributed by atoms with Crippen LogP contribution in [0, 0.1) is 6.92 Å². The van der Waals surface area contributed by atoms with Crippen molar-refractivity contribution in [3.63, 3.8) is 0 Å². The molecule has 0 atom stereocenters. The number of hydrogen-bond acceptors (Lipinski definition) is 6. The summed E-state index contributed by atoms with van der Waals surface area (Å²) in [4.78, 5) is 9.29. The molecule has 0 radical (unpaired) electrons. The van der Waals surface area contributed by atoms with Gasteiger partial charge in [0, 0.05) is 31.6 Å². The summed E-state index contributed by atoms with van der Waals surface area (Å²) in [5.41, 5.74) is 4.48. The van der Waals surface area contributed by atoms with Crippen molar-refractivity contribution in [3.05, 3.63) is 11.4 Å². The second-order valence-electron chi connectivity index (χ2n) is 5.14. The van der Waals surface area contributed by atoms with Gasteiger partial charge in [-0.2, -0.15) is 0 Å². The zero-order valence-corrected chi connectivity index (χ0v) is 11.6. The Hall–Kier alpha value is -1.40. The van der Waals surface area contributed by atoms with Crippen LogP contribution in [0.1, 0.15) is 30.1 Å². The van der Waals surface area contributed by atoms with Gasteiger partial charge < -0.3 is 15.5 Å². The van der Waals surface area contributed by atoms with E-state index >= 15 is 0 Å². The molecular formula is C13H21N5O. The van der Waals surface area contributed by atoms with Crippen LogP contribution in [0.4, 0.5) is 11.6 Å². The molecule has 6 nitrogen and oxygen atoms in total. The van der Waals surface area contributed by atoms with E-state index in [0.717, 1.165) is 49.3 Å². The molecule has 0 aromatic carbocycles. The van der Waals surface area contributed by atoms with Crippen molar-refractivity contribution in [2.24, 2.45) is 0 Å². The smallest absolute Gasteiger partial charge is 0.149 e. The number of hydrazine groups is 1. The summed E-state index contributed by atoms with van der Waals surface area (Å²) in [6.07, 6.45) is 2.42. The minimum Gasteiger partial charge on any atom is -0.379 e. The average Bonchev–Trinajstić information content (AvgIpc) is 3.27. The molecule has 2 fully saturated rings. The molecule has 19 heavy (non-hydrogen) atoms. The van der Waals surface area contributed by atoms with Crippen LogP contribution in [0.15, 0.2) is 0 Å². The Morgan fingerprint density at radius 1 is 1.16 bits per heavy atom. The van der Waals surface area contributed by atoms with Gasteiger partial charge in [-0.25, -0.2) is 15.0 Å². The SMILES string of the molecule is CNc1nc(C2CC2)nc(NN2CCOCC2)c1C. The van der Waals surface area contributed by atoms with E-state index in [9.17, 15) is 0 Å². The number of anilines is 2. The molecule has 1 aliphatic heterocycles. The Morgan fingerprint density at radius 2 is 1.84 bits per heavy atom. The summed E-state index contributed by atoms with van der Waals surface area (Å²) < 4.78 is 5.36. The van der Waals surface area contributed by atoms with E-state index in [1.165, 1.54) is 12.8 Å². The Morgan fingerprint density at radius 3 is 2.47 bits per heavy atom. The lowest BCUT2D eigenvalue weighted by Crippen LogP contribution is -2.40. The standard InChI is InChI=1S/C13H21N5O/c1-9-11(14-2)15-13(10-3-4-10)16-12(9)17-18-5-7-19-8-6-18/h10H,3-8H2,1-2H3,(H2,14,15,16,17). The fourth-order valence-electron chi connectivity index (χ4n) is 2.24. The molecule has 1 saturated heterocycles. The maximum Gasteiger partial charge on any atom is 0.149 e. The third-order valence-electron chi connectivity index (χ3n) is 3.62. The highest BCUT2D eigenvalue weighted by atomic mass is 16.5. The first kappa shape index (κ1) is 12.6. The first-order chi connectivity index (χ1) is 9.28. The Balaban J connectivity index is 1.83. The Labute approximate surface area is 113 Å². The molecule has 1 aliphatic carbocycles. The molecule has 104 valence electrons. The van der Waals surface area contributed by atoms with Crippen molar-refractivity contribution in [2.45, 2.75) is 25.7 Å². The summed E-state index contributed by atoms with van der Waals surface area (Å²) in [7, 11) is 1.91. The van der Waals surface area contributed by atoms with Gasteiger partial charge in [0.15, 0.2) is 0 Å². The second-order valence-corrected chi connectivity index (χ2v) is 5.14. The number of aromatic nitrogens is 2. The van der Waals surface area contributed by atoms with Gasteiger partial charge in [-0.1, -0.05) is 0 Å². The predicted octanol–water partition coefficient (Wildman–Crippen LogP) is 1.36. The number of nitrogens with zero attached hydrogens (tertiary/aromatic N) is 3. The molecule has 0 amide bonds. The van der Waals surface area contributed by atoms with E-state index in [-0.39, 0.29) is 0 Å². The number of ether oxygens (including phenoxy) is 1. The largest absolute Gasteiger partial charge is 0.379 e. The summed E-state index contributed by atoms with van der Waals surface area (Å²) in [6, 6.07) is 0. The third-order valence-corrected chi connectivity index (χ3v) is 3.62. The molecule has 0 unspecified atom stereocenters. The fraction of sp³-hybridized carbons (Fsp3) is 0.692. The van der Waals surface area contributed by atoms with E-state index in [2.05, 4.69) is 20.7 Å². The highest BCUT2D eigenvalue weighted by Gasteiger charge is 2.28. The molecule has 2 N–H and O–H groups in total. The zero-order chi connectivity index (χ0) is 13.2. The molecule has 0 spiro atoms. The lowest BCUT2D eigenvalue weighted by atomic mass is 10.3. The molecule has 3 rings (SSSR count). The van der Waals surface area contributed by atoms with Gasteiger partial charge in [0.2, 0.25) is 0 Å². The van der Waals surface area contributed by atoms with Crippen molar-refractivity contribution in [3.8, 4) is 0 Å². The van der Waals surface area contributed by atoms with E-state index in [1.54, 1.807) is 0 Å². The third kappa shape index (κ3) is 2.79. The Bertz CT molecular complexity index is 455. The van der Waals surface area contributed by atoms with Gasteiger partial charge in [0.25, 0.3) is 0 Å². The molecule has 2 aliphatic rings. The number of nitrogens with one attached hydrogen (secondary N) is 2. The second kappa shape index (κ2) is 5.30. The molecule has 1 aromatic heterocycles. The zero-order valence-electron chi connectivity index (χ0n) is 11.6. The Kier molecular flexibility index (Phi) is 3.52. The van der Waals surface area contributed by atoms with Crippen LogP contribution in [0.5, 0.6) is 0 Å². The van der Waals surface area contributed by atoms with Crippen LogP contribution in [0.25, 0.3) is 0 Å². The maximum absolute atomic E-state index is 5.36. The van der Waals surface area contributed by atoms with Crippen LogP contribution in [0.2, 0.25) is 0 Å². The van der Waals surface area contributed by atoms with Gasteiger partial charge in [0.1, 0.15) is 17.5 Å². The van der Waals surface area contributed by atoms with Gasteiger partial charge in [-0.15, -0.1) is 0 Å². The maximum atomic E-state index is 5.36. The summed E-state index contributed by atoms with van der Waals surface area (Å²) in [5, 5.41) is 5.32. The lowest BCUT2D eigenvalue weighted by molar-refractivity contribution is 0.0494. The van der Waals surface area contributed by atoms with E-state index < -0.39 is 0 Å². The van der Waals surface area contributed by atoms with E-state index in [0.29, 0.717) is 5.92 Å². The number of morpholine rings is 1. The molecular weight excluding hydrogens is 242 g/mol. The van der Waals surface area contributed by atoms with Crippen molar-refractivity contribution in [1.82, 2.24) is 15.0 Å². The van der Waals surface area contributed by atoms with E-state index in [4.69, 9.17) is 9.72 Å². The van der Waals surface area contributed by atoms with Gasteiger partial charge in [-0.05, 0) is 19.8 Å². The average molecular weight is 263 g/mol. The molecule has 0 bridgehead atoms. The summed E-state index contributed by atoms with van der Waals surface area (Å²) >= 11 is 0. The van der Waals surface area contributed by atoms with Gasteiger partial charge >= 0.3 is 0 Å². The van der Waals surface area contributed by atoms with Crippen LogP contribution in [0.3, 0.4) is 0 Å². The van der Waals surface area contributed by atoms with Crippen LogP contribution >= 0.6 is 0 Å². The summed E-state index contributed by atoms with van der Waals surface area (Å²) in [6.45, 7) is 5.36. The highest BCUT2D eigenvalue weighted by Crippen LogP contribution is 2.39. The molecule has 1 aromatic rings.